The van der Waals surface area contributed by atoms with Crippen molar-refractivity contribution in [2.45, 2.75) is 33.7 Å². The van der Waals surface area contributed by atoms with E-state index in [1.54, 1.807) is 0 Å². The maximum atomic E-state index is 12.5. The molecule has 1 aromatic heterocycles. The lowest BCUT2D eigenvalue weighted by molar-refractivity contribution is -0.140. The molecule has 0 N–H and O–H groups in total. The molecule has 0 atom stereocenters. The zero-order chi connectivity index (χ0) is 17.2. The summed E-state index contributed by atoms with van der Waals surface area (Å²) in [6.07, 6.45) is 2.64. The van der Waals surface area contributed by atoms with Gasteiger partial charge in [0.15, 0.2) is 0 Å². The van der Waals surface area contributed by atoms with Gasteiger partial charge in [-0.2, -0.15) is 0 Å². The molecule has 2 heterocycles. The first-order valence-corrected chi connectivity index (χ1v) is 8.28. The highest BCUT2D eigenvalue weighted by Gasteiger charge is 2.29. The summed E-state index contributed by atoms with van der Waals surface area (Å²) in [6.45, 7) is 7.25. The second kappa shape index (κ2) is 6.49. The fourth-order valence-electron chi connectivity index (χ4n) is 2.81. The zero-order valence-electron chi connectivity index (χ0n) is 14.5. The lowest BCUT2D eigenvalue weighted by Crippen LogP contribution is -2.42. The van der Waals surface area contributed by atoms with E-state index in [0.29, 0.717) is 6.54 Å². The molecule has 0 unspecified atom stereocenters. The Morgan fingerprint density at radius 3 is 2.54 bits per heavy atom. The van der Waals surface area contributed by atoms with Gasteiger partial charge in [0.05, 0.1) is 0 Å². The van der Waals surface area contributed by atoms with E-state index in [1.807, 2.05) is 62.2 Å². The first-order chi connectivity index (χ1) is 11.4. The number of carbonyl (C=O) groups excluding carboxylic acids is 1. The standard InChI is InChI=1S/C21H22N2O/c1-21(2,3)20(24)23-12-11-19-18(15-23)13-17(14-22-19)10-9-16-7-5-4-6-8-16/h4-8,13-14H,11-12,15H2,1-3H3. The third kappa shape index (κ3) is 3.65. The highest BCUT2D eigenvalue weighted by molar-refractivity contribution is 5.81. The monoisotopic (exact) mass is 318 g/mol. The number of benzene rings is 1. The number of amides is 1. The second-order valence-corrected chi connectivity index (χ2v) is 7.17. The number of fused-ring (bicyclic) bond motifs is 1. The lowest BCUT2D eigenvalue weighted by atomic mass is 9.93. The predicted octanol–water partition coefficient (Wildman–Crippen LogP) is 3.41. The van der Waals surface area contributed by atoms with Crippen LogP contribution in [-0.2, 0) is 17.8 Å². The van der Waals surface area contributed by atoms with E-state index in [1.165, 1.54) is 0 Å². The summed E-state index contributed by atoms with van der Waals surface area (Å²) in [4.78, 5) is 19.0. The van der Waals surface area contributed by atoms with Crippen molar-refractivity contribution in [3.05, 3.63) is 65.0 Å². The predicted molar refractivity (Wildman–Crippen MR) is 95.2 cm³/mol. The van der Waals surface area contributed by atoms with Crippen LogP contribution < -0.4 is 0 Å². The lowest BCUT2D eigenvalue weighted by Gasteiger charge is -2.33. The Hall–Kier alpha value is -2.60. The van der Waals surface area contributed by atoms with E-state index < -0.39 is 0 Å². The average Bonchev–Trinajstić information content (AvgIpc) is 2.58. The Morgan fingerprint density at radius 2 is 1.83 bits per heavy atom. The number of hydrogen-bond acceptors (Lipinski definition) is 2. The van der Waals surface area contributed by atoms with Crippen LogP contribution in [0.3, 0.4) is 0 Å². The van der Waals surface area contributed by atoms with Crippen molar-refractivity contribution >= 4 is 5.91 Å². The summed E-state index contributed by atoms with van der Waals surface area (Å²) >= 11 is 0. The molecule has 3 nitrogen and oxygen atoms in total. The Labute approximate surface area is 143 Å². The van der Waals surface area contributed by atoms with Crippen molar-refractivity contribution < 1.29 is 4.79 Å². The molecule has 0 fully saturated rings. The van der Waals surface area contributed by atoms with E-state index in [-0.39, 0.29) is 11.3 Å². The molecule has 122 valence electrons. The minimum Gasteiger partial charge on any atom is -0.337 e. The Balaban J connectivity index is 1.82. The van der Waals surface area contributed by atoms with Crippen LogP contribution in [0.2, 0.25) is 0 Å². The van der Waals surface area contributed by atoms with Crippen molar-refractivity contribution in [2.24, 2.45) is 5.41 Å². The highest BCUT2D eigenvalue weighted by atomic mass is 16.2. The Bertz CT molecular complexity index is 807. The van der Waals surface area contributed by atoms with Crippen LogP contribution >= 0.6 is 0 Å². The van der Waals surface area contributed by atoms with Crippen LogP contribution in [0.25, 0.3) is 0 Å². The molecule has 0 spiro atoms. The van der Waals surface area contributed by atoms with Crippen LogP contribution in [0.15, 0.2) is 42.6 Å². The fourth-order valence-corrected chi connectivity index (χ4v) is 2.81. The van der Waals surface area contributed by atoms with Crippen molar-refractivity contribution in [1.29, 1.82) is 0 Å². The van der Waals surface area contributed by atoms with E-state index in [9.17, 15) is 4.79 Å². The number of pyridine rings is 1. The Kier molecular flexibility index (Phi) is 4.40. The van der Waals surface area contributed by atoms with Gasteiger partial charge in [0.1, 0.15) is 0 Å². The molecule has 1 aliphatic heterocycles. The van der Waals surface area contributed by atoms with Crippen LogP contribution in [0, 0.1) is 17.3 Å². The van der Waals surface area contributed by atoms with Crippen LogP contribution in [0.4, 0.5) is 0 Å². The van der Waals surface area contributed by atoms with Gasteiger partial charge in [0.25, 0.3) is 0 Å². The summed E-state index contributed by atoms with van der Waals surface area (Å²) in [5.41, 5.74) is 3.72. The number of carbonyl (C=O) groups is 1. The van der Waals surface area contributed by atoms with Crippen molar-refractivity contribution in [3.63, 3.8) is 0 Å². The molecular formula is C21H22N2O. The maximum Gasteiger partial charge on any atom is 0.228 e. The molecule has 2 aromatic rings. The summed E-state index contributed by atoms with van der Waals surface area (Å²) in [5.74, 6) is 6.51. The van der Waals surface area contributed by atoms with Gasteiger partial charge >= 0.3 is 0 Å². The van der Waals surface area contributed by atoms with E-state index in [2.05, 4.69) is 22.9 Å². The van der Waals surface area contributed by atoms with Gasteiger partial charge in [0, 0.05) is 47.9 Å². The molecule has 0 saturated carbocycles. The highest BCUT2D eigenvalue weighted by Crippen LogP contribution is 2.24. The van der Waals surface area contributed by atoms with Gasteiger partial charge in [-0.25, -0.2) is 0 Å². The third-order valence-corrected chi connectivity index (χ3v) is 4.09. The molecule has 3 rings (SSSR count). The first-order valence-electron chi connectivity index (χ1n) is 8.28. The Morgan fingerprint density at radius 1 is 1.12 bits per heavy atom. The quantitative estimate of drug-likeness (QED) is 0.697. The normalized spacial score (nSPS) is 13.7. The van der Waals surface area contributed by atoms with Crippen molar-refractivity contribution in [2.75, 3.05) is 6.54 Å². The number of nitrogens with zero attached hydrogens (tertiary/aromatic N) is 2. The summed E-state index contributed by atoms with van der Waals surface area (Å²) < 4.78 is 0. The minimum atomic E-state index is -0.352. The number of aromatic nitrogens is 1. The molecule has 0 aliphatic carbocycles. The maximum absolute atomic E-state index is 12.5. The molecule has 1 amide bonds. The van der Waals surface area contributed by atoms with Crippen LogP contribution in [-0.4, -0.2) is 22.3 Å². The van der Waals surface area contributed by atoms with Crippen LogP contribution in [0.1, 0.15) is 43.2 Å². The van der Waals surface area contributed by atoms with Crippen molar-refractivity contribution in [1.82, 2.24) is 9.88 Å². The van der Waals surface area contributed by atoms with Gasteiger partial charge in [-0.05, 0) is 23.8 Å². The van der Waals surface area contributed by atoms with Gasteiger partial charge in [-0.1, -0.05) is 50.8 Å². The molecule has 1 aliphatic rings. The smallest absolute Gasteiger partial charge is 0.228 e. The molecule has 3 heteroatoms. The van der Waals surface area contributed by atoms with E-state index >= 15 is 0 Å². The largest absolute Gasteiger partial charge is 0.337 e. The summed E-state index contributed by atoms with van der Waals surface area (Å²) in [7, 11) is 0. The fraction of sp³-hybridized carbons (Fsp3) is 0.333. The molecule has 0 bridgehead atoms. The van der Waals surface area contributed by atoms with E-state index in [0.717, 1.165) is 35.3 Å². The van der Waals surface area contributed by atoms with Gasteiger partial charge in [-0.15, -0.1) is 0 Å². The van der Waals surface area contributed by atoms with Gasteiger partial charge in [-0.3, -0.25) is 9.78 Å². The van der Waals surface area contributed by atoms with Gasteiger partial charge < -0.3 is 4.90 Å². The van der Waals surface area contributed by atoms with Crippen LogP contribution in [0.5, 0.6) is 0 Å². The third-order valence-electron chi connectivity index (χ3n) is 4.09. The summed E-state index contributed by atoms with van der Waals surface area (Å²) in [5, 5.41) is 0. The molecule has 0 saturated heterocycles. The number of hydrogen-bond donors (Lipinski definition) is 0. The topological polar surface area (TPSA) is 33.2 Å². The number of rotatable bonds is 0. The average molecular weight is 318 g/mol. The summed E-state index contributed by atoms with van der Waals surface area (Å²) in [6, 6.07) is 12.0. The van der Waals surface area contributed by atoms with E-state index in [4.69, 9.17) is 0 Å². The molecule has 1 aromatic carbocycles. The second-order valence-electron chi connectivity index (χ2n) is 7.17. The molecular weight excluding hydrogens is 296 g/mol. The SMILES string of the molecule is CC(C)(C)C(=O)N1CCc2ncc(C#Cc3ccccc3)cc2C1. The first kappa shape index (κ1) is 16.3. The van der Waals surface area contributed by atoms with Gasteiger partial charge in [0.2, 0.25) is 5.91 Å². The molecule has 24 heavy (non-hydrogen) atoms. The van der Waals surface area contributed by atoms with Crippen molar-refractivity contribution in [3.8, 4) is 11.8 Å². The minimum absolute atomic E-state index is 0.189. The zero-order valence-corrected chi connectivity index (χ0v) is 14.5. The molecule has 0 radical (unpaired) electrons.